The maximum Gasteiger partial charge on any atom is 0.259 e. The van der Waals surface area contributed by atoms with Gasteiger partial charge in [0.1, 0.15) is 0 Å². The third-order valence-electron chi connectivity index (χ3n) is 1.92. The van der Waals surface area contributed by atoms with E-state index in [9.17, 15) is 4.79 Å². The Morgan fingerprint density at radius 3 is 2.69 bits per heavy atom. The molecule has 0 unspecified atom stereocenters. The first kappa shape index (κ1) is 11.8. The molecular weight excluding hydrogens is 308 g/mol. The molecule has 0 aromatic heterocycles. The summed E-state index contributed by atoms with van der Waals surface area (Å²) in [6.07, 6.45) is 1.63. The Morgan fingerprint density at radius 1 is 1.44 bits per heavy atom. The van der Waals surface area contributed by atoms with Crippen molar-refractivity contribution in [1.82, 2.24) is 5.01 Å². The first-order chi connectivity index (χ1) is 7.66. The van der Waals surface area contributed by atoms with Crippen molar-refractivity contribution in [1.29, 1.82) is 0 Å². The fourth-order valence-corrected chi connectivity index (χ4v) is 2.36. The zero-order valence-electron chi connectivity index (χ0n) is 8.09. The molecule has 2 rings (SSSR count). The van der Waals surface area contributed by atoms with Gasteiger partial charge in [0.2, 0.25) is 0 Å². The van der Waals surface area contributed by atoms with E-state index in [1.807, 2.05) is 24.3 Å². The molecule has 1 aliphatic rings. The highest BCUT2D eigenvalue weighted by Crippen LogP contribution is 2.19. The number of hydrogen-bond donors (Lipinski definition) is 0. The van der Waals surface area contributed by atoms with Gasteiger partial charge in [0.15, 0.2) is 4.32 Å². The van der Waals surface area contributed by atoms with Gasteiger partial charge in [0, 0.05) is 4.47 Å². The minimum atomic E-state index is -0.0663. The number of carbonyl (C=O) groups excluding carboxylic acids is 1. The van der Waals surface area contributed by atoms with Crippen LogP contribution in [-0.2, 0) is 4.79 Å². The number of hydrazone groups is 1. The van der Waals surface area contributed by atoms with Gasteiger partial charge in [-0.3, -0.25) is 4.79 Å². The van der Waals surface area contributed by atoms with Crippen LogP contribution >= 0.6 is 39.9 Å². The zero-order valence-corrected chi connectivity index (χ0v) is 11.3. The van der Waals surface area contributed by atoms with Crippen LogP contribution in [0, 0.1) is 0 Å². The first-order valence-corrected chi connectivity index (χ1v) is 6.65. The number of nitrogens with zero attached hydrogens (tertiary/aromatic N) is 2. The maximum atomic E-state index is 11.4. The molecule has 1 heterocycles. The van der Waals surface area contributed by atoms with E-state index in [-0.39, 0.29) is 5.91 Å². The quantitative estimate of drug-likeness (QED) is 0.621. The lowest BCUT2D eigenvalue weighted by Crippen LogP contribution is -2.22. The van der Waals surface area contributed by atoms with E-state index in [0.717, 1.165) is 10.0 Å². The highest BCUT2D eigenvalue weighted by Gasteiger charge is 2.25. The predicted octanol–water partition coefficient (Wildman–Crippen LogP) is 2.64. The Balaban J connectivity index is 2.12. The van der Waals surface area contributed by atoms with Crippen molar-refractivity contribution < 1.29 is 4.79 Å². The summed E-state index contributed by atoms with van der Waals surface area (Å²) >= 11 is 9.69. The van der Waals surface area contributed by atoms with Crippen molar-refractivity contribution >= 4 is 56.4 Å². The largest absolute Gasteiger partial charge is 0.272 e. The van der Waals surface area contributed by atoms with Crippen molar-refractivity contribution in [2.24, 2.45) is 5.10 Å². The number of hydrogen-bond acceptors (Lipinski definition) is 4. The van der Waals surface area contributed by atoms with Crippen LogP contribution in [0.1, 0.15) is 5.56 Å². The average molecular weight is 315 g/mol. The minimum absolute atomic E-state index is 0.0663. The van der Waals surface area contributed by atoms with E-state index in [0.29, 0.717) is 10.1 Å². The van der Waals surface area contributed by atoms with Gasteiger partial charge in [-0.2, -0.15) is 10.1 Å². The molecule has 0 N–H and O–H groups in total. The molecule has 0 aliphatic carbocycles. The lowest BCUT2D eigenvalue weighted by Gasteiger charge is -2.06. The molecular formula is C10H7BrN2OS2. The van der Waals surface area contributed by atoms with Crippen molar-refractivity contribution in [3.63, 3.8) is 0 Å². The molecule has 0 radical (unpaired) electrons. The maximum absolute atomic E-state index is 11.4. The standard InChI is InChI=1S/C10H7BrN2OS2/c11-8-3-1-7(2-4-8)5-12-13-9(14)6-16-10(13)15/h1-5H,6H2. The molecule has 3 nitrogen and oxygen atoms in total. The van der Waals surface area contributed by atoms with Crippen LogP contribution in [0.2, 0.25) is 0 Å². The number of halogens is 1. The second kappa shape index (κ2) is 5.07. The van der Waals surface area contributed by atoms with Crippen LogP contribution in [-0.4, -0.2) is 27.2 Å². The van der Waals surface area contributed by atoms with Crippen LogP contribution in [0.15, 0.2) is 33.8 Å². The van der Waals surface area contributed by atoms with Crippen LogP contribution in [0.3, 0.4) is 0 Å². The van der Waals surface area contributed by atoms with E-state index >= 15 is 0 Å². The first-order valence-electron chi connectivity index (χ1n) is 4.46. The second-order valence-corrected chi connectivity index (χ2v) is 5.58. The highest BCUT2D eigenvalue weighted by molar-refractivity contribution is 9.10. The summed E-state index contributed by atoms with van der Waals surface area (Å²) in [5, 5.41) is 5.33. The molecule has 16 heavy (non-hydrogen) atoms. The van der Waals surface area contributed by atoms with Gasteiger partial charge < -0.3 is 0 Å². The molecule has 1 aromatic carbocycles. The van der Waals surface area contributed by atoms with Crippen LogP contribution in [0.25, 0.3) is 0 Å². The molecule has 1 saturated heterocycles. The van der Waals surface area contributed by atoms with Gasteiger partial charge in [0.25, 0.3) is 5.91 Å². The normalized spacial score (nSPS) is 16.4. The monoisotopic (exact) mass is 314 g/mol. The number of carbonyl (C=O) groups is 1. The van der Waals surface area contributed by atoms with Gasteiger partial charge in [0.05, 0.1) is 12.0 Å². The van der Waals surface area contributed by atoms with E-state index in [1.54, 1.807) is 6.21 Å². The number of rotatable bonds is 2. The number of benzene rings is 1. The summed E-state index contributed by atoms with van der Waals surface area (Å²) in [6, 6.07) is 7.65. The summed E-state index contributed by atoms with van der Waals surface area (Å²) in [5.41, 5.74) is 0.927. The van der Waals surface area contributed by atoms with Crippen LogP contribution < -0.4 is 0 Å². The molecule has 0 bridgehead atoms. The van der Waals surface area contributed by atoms with Crippen molar-refractivity contribution in [3.05, 3.63) is 34.3 Å². The molecule has 1 aliphatic heterocycles. The van der Waals surface area contributed by atoms with Gasteiger partial charge in [-0.25, -0.2) is 0 Å². The van der Waals surface area contributed by atoms with Crippen LogP contribution in [0.4, 0.5) is 0 Å². The summed E-state index contributed by atoms with van der Waals surface area (Å²) < 4.78 is 1.52. The summed E-state index contributed by atoms with van der Waals surface area (Å²) in [5.74, 6) is 0.319. The zero-order chi connectivity index (χ0) is 11.5. The molecule has 1 aromatic rings. The molecule has 1 fully saturated rings. The smallest absolute Gasteiger partial charge is 0.259 e. The Hall–Kier alpha value is -0.720. The number of thiocarbonyl (C=S) groups is 1. The highest BCUT2D eigenvalue weighted by atomic mass is 79.9. The van der Waals surface area contributed by atoms with Gasteiger partial charge >= 0.3 is 0 Å². The molecule has 0 atom stereocenters. The summed E-state index contributed by atoms with van der Waals surface area (Å²) in [7, 11) is 0. The van der Waals surface area contributed by atoms with E-state index in [4.69, 9.17) is 12.2 Å². The predicted molar refractivity (Wildman–Crippen MR) is 73.6 cm³/mol. The Morgan fingerprint density at radius 2 is 2.12 bits per heavy atom. The van der Waals surface area contributed by atoms with E-state index < -0.39 is 0 Å². The van der Waals surface area contributed by atoms with Crippen molar-refractivity contribution in [2.45, 2.75) is 0 Å². The SMILES string of the molecule is O=C1CSC(=S)N1N=Cc1ccc(Br)cc1. The Labute approximate surface area is 111 Å². The summed E-state index contributed by atoms with van der Waals surface area (Å²) in [6.45, 7) is 0. The minimum Gasteiger partial charge on any atom is -0.272 e. The Kier molecular flexibility index (Phi) is 3.73. The summed E-state index contributed by atoms with van der Waals surface area (Å²) in [4.78, 5) is 11.4. The third-order valence-corrected chi connectivity index (χ3v) is 3.79. The molecule has 6 heteroatoms. The second-order valence-electron chi connectivity index (χ2n) is 3.06. The lowest BCUT2D eigenvalue weighted by atomic mass is 10.2. The third kappa shape index (κ3) is 2.69. The number of amides is 1. The topological polar surface area (TPSA) is 32.7 Å². The van der Waals surface area contributed by atoms with E-state index in [2.05, 4.69) is 21.0 Å². The Bertz CT molecular complexity index is 442. The van der Waals surface area contributed by atoms with Crippen molar-refractivity contribution in [2.75, 3.05) is 5.75 Å². The van der Waals surface area contributed by atoms with Crippen molar-refractivity contribution in [3.8, 4) is 0 Å². The fraction of sp³-hybridized carbons (Fsp3) is 0.100. The average Bonchev–Trinajstić information content (AvgIpc) is 2.59. The van der Waals surface area contributed by atoms with Gasteiger partial charge in [-0.05, 0) is 17.7 Å². The molecule has 0 saturated carbocycles. The molecule has 1 amide bonds. The van der Waals surface area contributed by atoms with Gasteiger partial charge in [-0.15, -0.1) is 0 Å². The number of thioether (sulfide) groups is 1. The molecule has 82 valence electrons. The van der Waals surface area contributed by atoms with Gasteiger partial charge in [-0.1, -0.05) is 52.0 Å². The molecule has 0 spiro atoms. The lowest BCUT2D eigenvalue weighted by molar-refractivity contribution is -0.123. The van der Waals surface area contributed by atoms with E-state index in [1.165, 1.54) is 16.8 Å². The fourth-order valence-electron chi connectivity index (χ4n) is 1.13. The van der Waals surface area contributed by atoms with Crippen LogP contribution in [0.5, 0.6) is 0 Å².